The van der Waals surface area contributed by atoms with Crippen molar-refractivity contribution in [2.75, 3.05) is 7.11 Å². The Hall–Kier alpha value is -0.730. The molecule has 1 saturated carbocycles. The molecule has 94 valence electrons. The van der Waals surface area contributed by atoms with Crippen LogP contribution in [-0.4, -0.2) is 13.2 Å². The highest BCUT2D eigenvalue weighted by atomic mass is 35.5. The van der Waals surface area contributed by atoms with E-state index in [2.05, 4.69) is 12.2 Å². The van der Waals surface area contributed by atoms with Gasteiger partial charge >= 0.3 is 0 Å². The molecule has 17 heavy (non-hydrogen) atoms. The van der Waals surface area contributed by atoms with Crippen molar-refractivity contribution in [3.63, 3.8) is 0 Å². The molecule has 3 heteroatoms. The van der Waals surface area contributed by atoms with E-state index < -0.39 is 0 Å². The zero-order valence-electron chi connectivity index (χ0n) is 10.5. The van der Waals surface area contributed by atoms with Gasteiger partial charge in [0.15, 0.2) is 0 Å². The largest absolute Gasteiger partial charge is 0.496 e. The van der Waals surface area contributed by atoms with E-state index in [1.165, 1.54) is 19.3 Å². The van der Waals surface area contributed by atoms with E-state index in [0.29, 0.717) is 6.04 Å². The van der Waals surface area contributed by atoms with Gasteiger partial charge < -0.3 is 10.1 Å². The van der Waals surface area contributed by atoms with Crippen LogP contribution in [0.2, 0.25) is 5.02 Å². The minimum Gasteiger partial charge on any atom is -0.496 e. The van der Waals surface area contributed by atoms with Crippen molar-refractivity contribution in [1.29, 1.82) is 0 Å². The lowest BCUT2D eigenvalue weighted by Crippen LogP contribution is -2.30. The number of benzene rings is 1. The number of hydrogen-bond acceptors (Lipinski definition) is 2. The molecular formula is C14H20ClNO. The molecule has 0 spiro atoms. The number of rotatable bonds is 4. The fourth-order valence-corrected chi connectivity index (χ4v) is 2.82. The monoisotopic (exact) mass is 253 g/mol. The SMILES string of the molecule is COc1cccc(Cl)c1CNC1CCCC1C. The van der Waals surface area contributed by atoms with Gasteiger partial charge in [0.1, 0.15) is 5.75 Å². The van der Waals surface area contributed by atoms with Gasteiger partial charge in [-0.1, -0.05) is 31.0 Å². The molecular weight excluding hydrogens is 234 g/mol. The molecule has 2 atom stereocenters. The summed E-state index contributed by atoms with van der Waals surface area (Å²) in [6.07, 6.45) is 3.93. The average molecular weight is 254 g/mol. The molecule has 1 aliphatic rings. The predicted octanol–water partition coefficient (Wildman–Crippen LogP) is 3.63. The smallest absolute Gasteiger partial charge is 0.124 e. The van der Waals surface area contributed by atoms with Crippen LogP contribution in [0, 0.1) is 5.92 Å². The maximum Gasteiger partial charge on any atom is 0.124 e. The molecule has 0 radical (unpaired) electrons. The van der Waals surface area contributed by atoms with Crippen LogP contribution >= 0.6 is 11.6 Å². The minimum absolute atomic E-state index is 0.621. The number of halogens is 1. The second kappa shape index (κ2) is 5.74. The van der Waals surface area contributed by atoms with Crippen molar-refractivity contribution in [3.8, 4) is 5.75 Å². The fourth-order valence-electron chi connectivity index (χ4n) is 2.58. The topological polar surface area (TPSA) is 21.3 Å². The molecule has 2 rings (SSSR count). The lowest BCUT2D eigenvalue weighted by atomic mass is 10.1. The van der Waals surface area contributed by atoms with Crippen LogP contribution in [0.4, 0.5) is 0 Å². The summed E-state index contributed by atoms with van der Waals surface area (Å²) in [7, 11) is 1.69. The first-order valence-electron chi connectivity index (χ1n) is 6.27. The number of ether oxygens (including phenoxy) is 1. The van der Waals surface area contributed by atoms with Gasteiger partial charge in [0.25, 0.3) is 0 Å². The van der Waals surface area contributed by atoms with E-state index in [-0.39, 0.29) is 0 Å². The Morgan fingerprint density at radius 2 is 2.24 bits per heavy atom. The molecule has 2 nitrogen and oxygen atoms in total. The van der Waals surface area contributed by atoms with E-state index in [1.807, 2.05) is 18.2 Å². The quantitative estimate of drug-likeness (QED) is 0.885. The molecule has 0 aliphatic heterocycles. The van der Waals surface area contributed by atoms with Crippen LogP contribution in [0.15, 0.2) is 18.2 Å². The standard InChI is InChI=1S/C14H20ClNO/c1-10-5-3-7-13(10)16-9-11-12(15)6-4-8-14(11)17-2/h4,6,8,10,13,16H,3,5,7,9H2,1-2H3. The summed E-state index contributed by atoms with van der Waals surface area (Å²) in [5, 5.41) is 4.38. The predicted molar refractivity (Wildman–Crippen MR) is 71.6 cm³/mol. The van der Waals surface area contributed by atoms with E-state index in [4.69, 9.17) is 16.3 Å². The van der Waals surface area contributed by atoms with Gasteiger partial charge in [-0.3, -0.25) is 0 Å². The molecule has 0 heterocycles. The van der Waals surface area contributed by atoms with Crippen LogP contribution in [0.25, 0.3) is 0 Å². The Morgan fingerprint density at radius 3 is 2.88 bits per heavy atom. The van der Waals surface area contributed by atoms with Crippen LogP contribution < -0.4 is 10.1 Å². The highest BCUT2D eigenvalue weighted by Crippen LogP contribution is 2.28. The van der Waals surface area contributed by atoms with Crippen molar-refractivity contribution < 1.29 is 4.74 Å². The maximum atomic E-state index is 6.21. The Labute approximate surface area is 108 Å². The zero-order chi connectivity index (χ0) is 12.3. The molecule has 1 N–H and O–H groups in total. The fraction of sp³-hybridized carbons (Fsp3) is 0.571. The molecule has 1 fully saturated rings. The third kappa shape index (κ3) is 2.93. The van der Waals surface area contributed by atoms with E-state index >= 15 is 0 Å². The molecule has 1 aromatic carbocycles. The van der Waals surface area contributed by atoms with Crippen molar-refractivity contribution in [2.24, 2.45) is 5.92 Å². The Kier molecular flexibility index (Phi) is 4.30. The highest BCUT2D eigenvalue weighted by Gasteiger charge is 2.23. The van der Waals surface area contributed by atoms with E-state index in [0.717, 1.165) is 28.8 Å². The summed E-state index contributed by atoms with van der Waals surface area (Å²) in [4.78, 5) is 0. The normalized spacial score (nSPS) is 23.9. The molecule has 0 amide bonds. The van der Waals surface area contributed by atoms with Crippen molar-refractivity contribution in [2.45, 2.75) is 38.8 Å². The van der Waals surface area contributed by atoms with Crippen LogP contribution in [0.3, 0.4) is 0 Å². The van der Waals surface area contributed by atoms with Gasteiger partial charge in [0.05, 0.1) is 7.11 Å². The molecule has 0 aromatic heterocycles. The van der Waals surface area contributed by atoms with Gasteiger partial charge in [0.2, 0.25) is 0 Å². The van der Waals surface area contributed by atoms with Crippen LogP contribution in [0.1, 0.15) is 31.7 Å². The lowest BCUT2D eigenvalue weighted by Gasteiger charge is -2.19. The van der Waals surface area contributed by atoms with E-state index in [1.54, 1.807) is 7.11 Å². The van der Waals surface area contributed by atoms with Crippen LogP contribution in [-0.2, 0) is 6.54 Å². The average Bonchev–Trinajstić information content (AvgIpc) is 2.73. The summed E-state index contributed by atoms with van der Waals surface area (Å²) < 4.78 is 5.34. The third-order valence-electron chi connectivity index (χ3n) is 3.70. The molecule has 1 aromatic rings. The summed E-state index contributed by atoms with van der Waals surface area (Å²) in [6, 6.07) is 6.42. The summed E-state index contributed by atoms with van der Waals surface area (Å²) in [5.41, 5.74) is 1.07. The first-order chi connectivity index (χ1) is 8.22. The van der Waals surface area contributed by atoms with Gasteiger partial charge in [-0.15, -0.1) is 0 Å². The first kappa shape index (κ1) is 12.7. The Balaban J connectivity index is 2.03. The lowest BCUT2D eigenvalue weighted by molar-refractivity contribution is 0.395. The number of nitrogens with one attached hydrogen (secondary N) is 1. The van der Waals surface area contributed by atoms with Crippen LogP contribution in [0.5, 0.6) is 5.75 Å². The van der Waals surface area contributed by atoms with Gasteiger partial charge in [-0.05, 0) is 30.9 Å². The summed E-state index contributed by atoms with van der Waals surface area (Å²) in [6.45, 7) is 3.10. The number of methoxy groups -OCH3 is 1. The Morgan fingerprint density at radius 1 is 1.41 bits per heavy atom. The Bertz CT molecular complexity index is 380. The summed E-state index contributed by atoms with van der Waals surface area (Å²) in [5.74, 6) is 1.64. The second-order valence-corrected chi connectivity index (χ2v) is 5.22. The van der Waals surface area contributed by atoms with Crippen molar-refractivity contribution in [3.05, 3.63) is 28.8 Å². The zero-order valence-corrected chi connectivity index (χ0v) is 11.3. The highest BCUT2D eigenvalue weighted by molar-refractivity contribution is 6.31. The van der Waals surface area contributed by atoms with Gasteiger partial charge in [0, 0.05) is 23.2 Å². The minimum atomic E-state index is 0.621. The molecule has 2 unspecified atom stereocenters. The summed E-state index contributed by atoms with van der Waals surface area (Å²) >= 11 is 6.21. The molecule has 0 saturated heterocycles. The van der Waals surface area contributed by atoms with Gasteiger partial charge in [-0.2, -0.15) is 0 Å². The van der Waals surface area contributed by atoms with Crippen molar-refractivity contribution in [1.82, 2.24) is 5.32 Å². The second-order valence-electron chi connectivity index (χ2n) is 4.82. The van der Waals surface area contributed by atoms with Crippen molar-refractivity contribution >= 4 is 11.6 Å². The molecule has 1 aliphatic carbocycles. The first-order valence-corrected chi connectivity index (χ1v) is 6.65. The molecule has 0 bridgehead atoms. The number of hydrogen-bond donors (Lipinski definition) is 1. The van der Waals surface area contributed by atoms with E-state index in [9.17, 15) is 0 Å². The maximum absolute atomic E-state index is 6.21. The third-order valence-corrected chi connectivity index (χ3v) is 4.05. The van der Waals surface area contributed by atoms with Gasteiger partial charge in [-0.25, -0.2) is 0 Å².